The molecule has 3 rings (SSSR count). The van der Waals surface area contributed by atoms with E-state index in [1.165, 1.54) is 13.2 Å². The summed E-state index contributed by atoms with van der Waals surface area (Å²) in [6.45, 7) is 0. The van der Waals surface area contributed by atoms with Crippen molar-refractivity contribution >= 4 is 17.5 Å². The number of fused-ring (bicyclic) bond motifs is 1. The quantitative estimate of drug-likeness (QED) is 0.475. The van der Waals surface area contributed by atoms with Crippen LogP contribution >= 0.6 is 0 Å². The SMILES string of the molecule is COc1ccc2c(c1)CC/C(=C/c1cc(OC)c([O-])c([N+](=O)[O-])c1)C2=O. The number of nitro benzene ring substituents is 1. The molecule has 0 spiro atoms. The van der Waals surface area contributed by atoms with Crippen LogP contribution in [0.5, 0.6) is 17.2 Å². The molecule has 2 aromatic carbocycles. The van der Waals surface area contributed by atoms with Gasteiger partial charge in [0.15, 0.2) is 5.78 Å². The first-order valence-electron chi connectivity index (χ1n) is 7.90. The normalized spacial score (nSPS) is 14.8. The van der Waals surface area contributed by atoms with Gasteiger partial charge < -0.3 is 14.6 Å². The molecule has 1 aliphatic rings. The van der Waals surface area contributed by atoms with E-state index in [4.69, 9.17) is 9.47 Å². The molecule has 0 saturated heterocycles. The largest absolute Gasteiger partial charge is 0.865 e. The minimum absolute atomic E-state index is 0.126. The highest BCUT2D eigenvalue weighted by molar-refractivity contribution is 6.13. The van der Waals surface area contributed by atoms with Crippen LogP contribution in [-0.2, 0) is 6.42 Å². The van der Waals surface area contributed by atoms with Gasteiger partial charge in [0.25, 0.3) is 5.69 Å². The molecule has 0 saturated carbocycles. The number of aryl methyl sites for hydroxylation is 1. The van der Waals surface area contributed by atoms with Crippen molar-refractivity contribution in [3.63, 3.8) is 0 Å². The average Bonchev–Trinajstić information content (AvgIpc) is 2.64. The van der Waals surface area contributed by atoms with E-state index in [2.05, 4.69) is 0 Å². The van der Waals surface area contributed by atoms with E-state index >= 15 is 0 Å². The Hall–Kier alpha value is -3.35. The van der Waals surface area contributed by atoms with Crippen molar-refractivity contribution in [3.8, 4) is 17.2 Å². The predicted octanol–water partition coefficient (Wildman–Crippen LogP) is 2.90. The summed E-state index contributed by atoms with van der Waals surface area (Å²) in [4.78, 5) is 23.0. The second-order valence-electron chi connectivity index (χ2n) is 5.85. The van der Waals surface area contributed by atoms with E-state index < -0.39 is 16.4 Å². The summed E-state index contributed by atoms with van der Waals surface area (Å²) in [5.41, 5.74) is 1.82. The van der Waals surface area contributed by atoms with Crippen LogP contribution in [0, 0.1) is 10.1 Å². The van der Waals surface area contributed by atoms with Gasteiger partial charge in [-0.2, -0.15) is 0 Å². The Labute approximate surface area is 149 Å². The van der Waals surface area contributed by atoms with Crippen LogP contribution in [0.1, 0.15) is 27.9 Å². The second-order valence-corrected chi connectivity index (χ2v) is 5.85. The molecule has 0 bridgehead atoms. The number of ether oxygens (including phenoxy) is 2. The lowest BCUT2D eigenvalue weighted by Crippen LogP contribution is -2.14. The van der Waals surface area contributed by atoms with Crippen LogP contribution in [0.2, 0.25) is 0 Å². The number of nitro groups is 1. The number of Topliss-reactive ketones (excluding diaryl/α,β-unsaturated/α-hetero) is 1. The highest BCUT2D eigenvalue weighted by Gasteiger charge is 2.23. The van der Waals surface area contributed by atoms with Crippen LogP contribution in [-0.4, -0.2) is 24.9 Å². The standard InChI is InChI=1S/C19H17NO6/c1-25-14-5-6-15-12(10-14)3-4-13(18(15)21)7-11-8-16(20(23)24)19(22)17(9-11)26-2/h5-10,22H,3-4H2,1-2H3/p-1/b13-7-. The molecule has 1 aliphatic carbocycles. The van der Waals surface area contributed by atoms with Gasteiger partial charge in [0.2, 0.25) is 0 Å². The number of benzene rings is 2. The lowest BCUT2D eigenvalue weighted by Gasteiger charge is -2.19. The van der Waals surface area contributed by atoms with Gasteiger partial charge in [-0.25, -0.2) is 0 Å². The lowest BCUT2D eigenvalue weighted by molar-refractivity contribution is -0.398. The summed E-state index contributed by atoms with van der Waals surface area (Å²) in [7, 11) is 2.84. The number of ketones is 1. The zero-order valence-corrected chi connectivity index (χ0v) is 14.3. The smallest absolute Gasteiger partial charge is 0.266 e. The molecule has 26 heavy (non-hydrogen) atoms. The summed E-state index contributed by atoms with van der Waals surface area (Å²) in [5.74, 6) is -0.358. The first-order chi connectivity index (χ1) is 12.4. The zero-order chi connectivity index (χ0) is 18.8. The third-order valence-electron chi connectivity index (χ3n) is 4.33. The van der Waals surface area contributed by atoms with Crippen molar-refractivity contribution in [2.24, 2.45) is 0 Å². The molecule has 2 aromatic rings. The molecule has 0 aromatic heterocycles. The molecular formula is C19H16NO6-. The Morgan fingerprint density at radius 1 is 1.12 bits per heavy atom. The number of methoxy groups -OCH3 is 2. The van der Waals surface area contributed by atoms with Gasteiger partial charge in [-0.1, -0.05) is 0 Å². The van der Waals surface area contributed by atoms with Crippen LogP contribution in [0.15, 0.2) is 35.9 Å². The van der Waals surface area contributed by atoms with Crippen molar-refractivity contribution in [1.82, 2.24) is 0 Å². The molecule has 7 nitrogen and oxygen atoms in total. The minimum atomic E-state index is -0.785. The van der Waals surface area contributed by atoms with Gasteiger partial charge in [0.1, 0.15) is 11.5 Å². The Morgan fingerprint density at radius 2 is 1.88 bits per heavy atom. The van der Waals surface area contributed by atoms with Crippen molar-refractivity contribution < 1.29 is 24.3 Å². The Morgan fingerprint density at radius 3 is 2.54 bits per heavy atom. The second kappa shape index (κ2) is 6.87. The number of nitrogens with zero attached hydrogens (tertiary/aromatic N) is 1. The van der Waals surface area contributed by atoms with E-state index in [0.717, 1.165) is 11.6 Å². The first kappa shape index (κ1) is 17.5. The molecule has 134 valence electrons. The summed E-state index contributed by atoms with van der Waals surface area (Å²) in [5, 5.41) is 23.0. The number of hydrogen-bond acceptors (Lipinski definition) is 6. The number of allylic oxidation sites excluding steroid dienone is 1. The first-order valence-corrected chi connectivity index (χ1v) is 7.90. The van der Waals surface area contributed by atoms with Gasteiger partial charge in [0, 0.05) is 23.0 Å². The van der Waals surface area contributed by atoms with E-state index in [0.29, 0.717) is 35.3 Å². The number of rotatable bonds is 4. The fraction of sp³-hybridized carbons (Fsp3) is 0.211. The molecule has 0 fully saturated rings. The molecule has 0 atom stereocenters. The molecule has 0 amide bonds. The lowest BCUT2D eigenvalue weighted by atomic mass is 9.86. The summed E-state index contributed by atoms with van der Waals surface area (Å²) in [6, 6.07) is 7.84. The van der Waals surface area contributed by atoms with E-state index in [9.17, 15) is 20.0 Å². The van der Waals surface area contributed by atoms with Gasteiger partial charge in [-0.15, -0.1) is 0 Å². The average molecular weight is 354 g/mol. The van der Waals surface area contributed by atoms with Crippen molar-refractivity contribution in [3.05, 3.63) is 62.7 Å². The molecule has 0 unspecified atom stereocenters. The van der Waals surface area contributed by atoms with Crippen LogP contribution in [0.25, 0.3) is 6.08 Å². The monoisotopic (exact) mass is 354 g/mol. The minimum Gasteiger partial charge on any atom is -0.865 e. The molecular weight excluding hydrogens is 338 g/mol. The molecule has 7 heteroatoms. The highest BCUT2D eigenvalue weighted by atomic mass is 16.6. The van der Waals surface area contributed by atoms with E-state index in [1.807, 2.05) is 6.07 Å². The maximum absolute atomic E-state index is 12.7. The molecule has 0 aliphatic heterocycles. The molecule has 0 N–H and O–H groups in total. The Bertz CT molecular complexity index is 932. The summed E-state index contributed by atoms with van der Waals surface area (Å²) < 4.78 is 10.1. The highest BCUT2D eigenvalue weighted by Crippen LogP contribution is 2.36. The predicted molar refractivity (Wildman–Crippen MR) is 92.7 cm³/mol. The van der Waals surface area contributed by atoms with Gasteiger partial charge in [-0.05, 0) is 54.3 Å². The van der Waals surface area contributed by atoms with E-state index in [-0.39, 0.29) is 11.5 Å². The fourth-order valence-corrected chi connectivity index (χ4v) is 3.00. The molecule has 0 radical (unpaired) electrons. The van der Waals surface area contributed by atoms with Gasteiger partial charge in [0.05, 0.1) is 19.1 Å². The number of carbonyl (C=O) groups excluding carboxylic acids is 1. The fourth-order valence-electron chi connectivity index (χ4n) is 3.00. The number of hydrogen-bond donors (Lipinski definition) is 0. The third kappa shape index (κ3) is 3.11. The van der Waals surface area contributed by atoms with Crippen molar-refractivity contribution in [1.29, 1.82) is 0 Å². The molecule has 0 heterocycles. The van der Waals surface area contributed by atoms with Gasteiger partial charge >= 0.3 is 0 Å². The Kier molecular flexibility index (Phi) is 4.62. The topological polar surface area (TPSA) is 102 Å². The van der Waals surface area contributed by atoms with Crippen molar-refractivity contribution in [2.45, 2.75) is 12.8 Å². The van der Waals surface area contributed by atoms with Gasteiger partial charge in [-0.3, -0.25) is 14.9 Å². The van der Waals surface area contributed by atoms with Crippen LogP contribution in [0.4, 0.5) is 5.69 Å². The Balaban J connectivity index is 2.02. The third-order valence-corrected chi connectivity index (χ3v) is 4.33. The number of carbonyl (C=O) groups is 1. The van der Waals surface area contributed by atoms with Crippen LogP contribution in [0.3, 0.4) is 0 Å². The van der Waals surface area contributed by atoms with Crippen LogP contribution < -0.4 is 14.6 Å². The maximum atomic E-state index is 12.7. The maximum Gasteiger partial charge on any atom is 0.266 e. The van der Waals surface area contributed by atoms with E-state index in [1.54, 1.807) is 25.3 Å². The summed E-state index contributed by atoms with van der Waals surface area (Å²) >= 11 is 0. The zero-order valence-electron chi connectivity index (χ0n) is 14.3. The summed E-state index contributed by atoms with van der Waals surface area (Å²) in [6.07, 6.45) is 2.72. The van der Waals surface area contributed by atoms with Crippen molar-refractivity contribution in [2.75, 3.05) is 14.2 Å².